The molecule has 0 spiro atoms. The van der Waals surface area contributed by atoms with E-state index < -0.39 is 0 Å². The molecular weight excluding hydrogens is 262 g/mol. The molecule has 0 aliphatic rings. The van der Waals surface area contributed by atoms with Crippen LogP contribution in [0.3, 0.4) is 0 Å². The van der Waals surface area contributed by atoms with Gasteiger partial charge in [-0.25, -0.2) is 0 Å². The normalized spacial score (nSPS) is 10.3. The van der Waals surface area contributed by atoms with Crippen LogP contribution in [0.4, 0.5) is 0 Å². The molecule has 103 valence electrons. The lowest BCUT2D eigenvalue weighted by molar-refractivity contribution is 0.306. The summed E-state index contributed by atoms with van der Waals surface area (Å²) in [5.41, 5.74) is 2.48. The average Bonchev–Trinajstić information content (AvgIpc) is 2.55. The van der Waals surface area contributed by atoms with Crippen LogP contribution in [-0.2, 0) is 6.61 Å². The average molecular weight is 276 g/mol. The van der Waals surface area contributed by atoms with E-state index in [1.54, 1.807) is 6.20 Å². The van der Waals surface area contributed by atoms with Gasteiger partial charge in [-0.2, -0.15) is 0 Å². The molecule has 1 radical (unpaired) electrons. The first-order chi connectivity index (χ1) is 10.3. The Bertz CT molecular complexity index is 778. The summed E-state index contributed by atoms with van der Waals surface area (Å²) in [5.74, 6) is 0.803. The second-order valence-electron chi connectivity index (χ2n) is 4.64. The fourth-order valence-corrected chi connectivity index (χ4v) is 2.11. The van der Waals surface area contributed by atoms with Crippen LogP contribution in [0.1, 0.15) is 5.56 Å². The molecule has 3 nitrogen and oxygen atoms in total. The Morgan fingerprint density at radius 1 is 1.05 bits per heavy atom. The summed E-state index contributed by atoms with van der Waals surface area (Å²) in [4.78, 5) is 14.5. The fourth-order valence-electron chi connectivity index (χ4n) is 2.11. The molecule has 0 aliphatic heterocycles. The predicted octanol–water partition coefficient (Wildman–Crippen LogP) is 3.42. The van der Waals surface area contributed by atoms with Gasteiger partial charge in [0.1, 0.15) is 12.4 Å². The van der Waals surface area contributed by atoms with E-state index in [1.165, 1.54) is 0 Å². The first kappa shape index (κ1) is 13.2. The van der Waals surface area contributed by atoms with Gasteiger partial charge in [-0.3, -0.25) is 4.79 Å². The molecule has 1 aromatic heterocycles. The van der Waals surface area contributed by atoms with Gasteiger partial charge in [0.05, 0.1) is 0 Å². The van der Waals surface area contributed by atoms with Gasteiger partial charge in [-0.05, 0) is 47.5 Å². The van der Waals surface area contributed by atoms with E-state index in [1.807, 2.05) is 60.7 Å². The van der Waals surface area contributed by atoms with Crippen molar-refractivity contribution in [3.8, 4) is 16.9 Å². The van der Waals surface area contributed by atoms with Crippen molar-refractivity contribution in [3.05, 3.63) is 88.8 Å². The van der Waals surface area contributed by atoms with Crippen LogP contribution in [0.2, 0.25) is 0 Å². The monoisotopic (exact) mass is 276 g/mol. The predicted molar refractivity (Wildman–Crippen MR) is 82.1 cm³/mol. The summed E-state index contributed by atoms with van der Waals surface area (Å²) < 4.78 is 5.71. The Morgan fingerprint density at radius 3 is 2.71 bits per heavy atom. The summed E-state index contributed by atoms with van der Waals surface area (Å²) in [5, 5.41) is 0. The van der Waals surface area contributed by atoms with Crippen LogP contribution < -0.4 is 10.3 Å². The SMILES string of the molecule is O=c1[nH]cccc1-c1cccc(COc2cc[c]cc2)c1. The number of pyridine rings is 1. The third-order valence-corrected chi connectivity index (χ3v) is 3.15. The van der Waals surface area contributed by atoms with E-state index in [0.29, 0.717) is 12.2 Å². The maximum atomic E-state index is 11.8. The number of benzene rings is 2. The minimum Gasteiger partial charge on any atom is -0.489 e. The molecule has 1 N–H and O–H groups in total. The van der Waals surface area contributed by atoms with Crippen LogP contribution in [0, 0.1) is 6.07 Å². The molecule has 3 heteroatoms. The van der Waals surface area contributed by atoms with Crippen LogP contribution in [0.5, 0.6) is 5.75 Å². The van der Waals surface area contributed by atoms with E-state index in [9.17, 15) is 4.79 Å². The summed E-state index contributed by atoms with van der Waals surface area (Å²) in [6, 6.07) is 21.7. The summed E-state index contributed by atoms with van der Waals surface area (Å²) >= 11 is 0. The van der Waals surface area contributed by atoms with E-state index in [2.05, 4.69) is 11.1 Å². The molecule has 1 heterocycles. The molecular formula is C18H14NO2. The van der Waals surface area contributed by atoms with Gasteiger partial charge >= 0.3 is 0 Å². The smallest absolute Gasteiger partial charge is 0.255 e. The first-order valence-electron chi connectivity index (χ1n) is 6.69. The minimum absolute atomic E-state index is 0.0887. The molecule has 0 amide bonds. The maximum absolute atomic E-state index is 11.8. The fraction of sp³-hybridized carbons (Fsp3) is 0.0556. The molecule has 0 atom stereocenters. The Kier molecular flexibility index (Phi) is 3.83. The van der Waals surface area contributed by atoms with Gasteiger partial charge < -0.3 is 9.72 Å². The first-order valence-corrected chi connectivity index (χ1v) is 6.69. The lowest BCUT2D eigenvalue weighted by Crippen LogP contribution is -2.07. The molecule has 0 fully saturated rings. The highest BCUT2D eigenvalue weighted by Gasteiger charge is 2.03. The number of aromatic nitrogens is 1. The van der Waals surface area contributed by atoms with Gasteiger partial charge in [0.2, 0.25) is 0 Å². The van der Waals surface area contributed by atoms with E-state index in [-0.39, 0.29) is 5.56 Å². The number of aromatic amines is 1. The standard InChI is InChI=1S/C18H14NO2/c20-18-17(10-5-11-19-18)15-7-4-6-14(12-15)13-21-16-8-2-1-3-9-16/h2-12H,13H2,(H,19,20). The highest BCUT2D eigenvalue weighted by Crippen LogP contribution is 2.18. The van der Waals surface area contributed by atoms with Gasteiger partial charge in [0.25, 0.3) is 5.56 Å². The molecule has 0 saturated carbocycles. The van der Waals surface area contributed by atoms with Crippen molar-refractivity contribution in [2.24, 2.45) is 0 Å². The number of rotatable bonds is 4. The van der Waals surface area contributed by atoms with Gasteiger partial charge in [0, 0.05) is 11.8 Å². The highest BCUT2D eigenvalue weighted by molar-refractivity contribution is 5.62. The van der Waals surface area contributed by atoms with Crippen molar-refractivity contribution in [1.29, 1.82) is 0 Å². The van der Waals surface area contributed by atoms with Gasteiger partial charge in [-0.15, -0.1) is 0 Å². The molecule has 0 unspecified atom stereocenters. The van der Waals surface area contributed by atoms with Crippen molar-refractivity contribution < 1.29 is 4.74 Å². The van der Waals surface area contributed by atoms with E-state index in [0.717, 1.165) is 16.9 Å². The maximum Gasteiger partial charge on any atom is 0.255 e. The quantitative estimate of drug-likeness (QED) is 0.793. The topological polar surface area (TPSA) is 42.1 Å². The lowest BCUT2D eigenvalue weighted by atomic mass is 10.1. The van der Waals surface area contributed by atoms with Gasteiger partial charge in [-0.1, -0.05) is 30.3 Å². The third-order valence-electron chi connectivity index (χ3n) is 3.15. The zero-order chi connectivity index (χ0) is 14.5. The van der Waals surface area contributed by atoms with Crippen LogP contribution >= 0.6 is 0 Å². The second kappa shape index (κ2) is 6.09. The van der Waals surface area contributed by atoms with Crippen molar-refractivity contribution in [3.63, 3.8) is 0 Å². The molecule has 21 heavy (non-hydrogen) atoms. The molecule has 2 aromatic carbocycles. The van der Waals surface area contributed by atoms with Crippen molar-refractivity contribution in [2.75, 3.05) is 0 Å². The highest BCUT2D eigenvalue weighted by atomic mass is 16.5. The number of ether oxygens (including phenoxy) is 1. The van der Waals surface area contributed by atoms with Crippen molar-refractivity contribution in [1.82, 2.24) is 4.98 Å². The van der Waals surface area contributed by atoms with Crippen LogP contribution in [-0.4, -0.2) is 4.98 Å². The lowest BCUT2D eigenvalue weighted by Gasteiger charge is -2.07. The summed E-state index contributed by atoms with van der Waals surface area (Å²) in [6.45, 7) is 0.461. The number of hydrogen-bond donors (Lipinski definition) is 1. The largest absolute Gasteiger partial charge is 0.489 e. The zero-order valence-corrected chi connectivity index (χ0v) is 11.4. The van der Waals surface area contributed by atoms with Crippen molar-refractivity contribution >= 4 is 0 Å². The number of nitrogens with one attached hydrogen (secondary N) is 1. The number of H-pyrrole nitrogens is 1. The van der Waals surface area contributed by atoms with E-state index in [4.69, 9.17) is 4.74 Å². The molecule has 3 rings (SSSR count). The third kappa shape index (κ3) is 3.20. The summed E-state index contributed by atoms with van der Waals surface area (Å²) in [6.07, 6.45) is 1.63. The van der Waals surface area contributed by atoms with Gasteiger partial charge in [0.15, 0.2) is 0 Å². The Balaban J connectivity index is 1.81. The Hall–Kier alpha value is -2.81. The van der Waals surface area contributed by atoms with Crippen molar-refractivity contribution in [2.45, 2.75) is 6.61 Å². The second-order valence-corrected chi connectivity index (χ2v) is 4.64. The van der Waals surface area contributed by atoms with Crippen LogP contribution in [0.15, 0.2) is 71.7 Å². The minimum atomic E-state index is -0.0887. The van der Waals surface area contributed by atoms with Crippen LogP contribution in [0.25, 0.3) is 11.1 Å². The Labute approximate surface area is 122 Å². The molecule has 0 aliphatic carbocycles. The Morgan fingerprint density at radius 2 is 1.90 bits per heavy atom. The molecule has 0 saturated heterocycles. The van der Waals surface area contributed by atoms with E-state index >= 15 is 0 Å². The summed E-state index contributed by atoms with van der Waals surface area (Å²) in [7, 11) is 0. The number of hydrogen-bond acceptors (Lipinski definition) is 2. The zero-order valence-electron chi connectivity index (χ0n) is 11.4. The molecule has 3 aromatic rings. The molecule has 0 bridgehead atoms.